The van der Waals surface area contributed by atoms with E-state index in [1.54, 1.807) is 36.0 Å². The van der Waals surface area contributed by atoms with E-state index in [2.05, 4.69) is 13.8 Å². The second-order valence-electron chi connectivity index (χ2n) is 3.88. The fraction of sp³-hybridized carbons (Fsp3) is 0.417. The standard InChI is InChI=1S/C12H16O2S/c1-9(2)7-15-8-12(14)10-3-5-11(13)6-4-10/h3-6,9,13H,7-8H2,1-2H3. The van der Waals surface area contributed by atoms with Crippen LogP contribution in [0.3, 0.4) is 0 Å². The molecule has 0 unspecified atom stereocenters. The van der Waals surface area contributed by atoms with Crippen molar-refractivity contribution in [3.63, 3.8) is 0 Å². The molecule has 0 aromatic heterocycles. The number of rotatable bonds is 5. The van der Waals surface area contributed by atoms with E-state index in [0.29, 0.717) is 17.2 Å². The molecule has 82 valence electrons. The van der Waals surface area contributed by atoms with Crippen LogP contribution < -0.4 is 0 Å². The Morgan fingerprint density at radius 2 is 1.93 bits per heavy atom. The number of thioether (sulfide) groups is 1. The average molecular weight is 224 g/mol. The summed E-state index contributed by atoms with van der Waals surface area (Å²) in [5.41, 5.74) is 0.670. The monoisotopic (exact) mass is 224 g/mol. The predicted octanol–water partition coefficient (Wildman–Crippen LogP) is 2.96. The number of carbonyl (C=O) groups excluding carboxylic acids is 1. The largest absolute Gasteiger partial charge is 0.508 e. The van der Waals surface area contributed by atoms with Gasteiger partial charge in [-0.1, -0.05) is 13.8 Å². The Balaban J connectivity index is 2.43. The van der Waals surface area contributed by atoms with Crippen LogP contribution in [-0.2, 0) is 0 Å². The zero-order valence-electron chi connectivity index (χ0n) is 9.06. The molecule has 0 aliphatic heterocycles. The molecular weight excluding hydrogens is 208 g/mol. The van der Waals surface area contributed by atoms with Gasteiger partial charge in [-0.05, 0) is 35.9 Å². The molecule has 3 heteroatoms. The minimum atomic E-state index is 0.126. The molecule has 1 aromatic carbocycles. The summed E-state index contributed by atoms with van der Waals surface area (Å²) in [5, 5.41) is 9.07. The van der Waals surface area contributed by atoms with Crippen molar-refractivity contribution < 1.29 is 9.90 Å². The lowest BCUT2D eigenvalue weighted by Crippen LogP contribution is -2.04. The molecule has 2 nitrogen and oxygen atoms in total. The maximum absolute atomic E-state index is 11.6. The first-order valence-electron chi connectivity index (χ1n) is 4.99. The zero-order valence-corrected chi connectivity index (χ0v) is 9.88. The Kier molecular flexibility index (Phi) is 4.69. The highest BCUT2D eigenvalue weighted by atomic mass is 32.2. The molecule has 0 spiro atoms. The molecule has 0 radical (unpaired) electrons. The molecule has 0 saturated carbocycles. The number of phenols is 1. The van der Waals surface area contributed by atoms with Crippen LogP contribution in [0.4, 0.5) is 0 Å². The van der Waals surface area contributed by atoms with Crippen molar-refractivity contribution in [2.75, 3.05) is 11.5 Å². The van der Waals surface area contributed by atoms with Gasteiger partial charge in [-0.3, -0.25) is 4.79 Å². The van der Waals surface area contributed by atoms with Gasteiger partial charge in [-0.15, -0.1) is 0 Å². The van der Waals surface area contributed by atoms with E-state index in [1.165, 1.54) is 0 Å². The van der Waals surface area contributed by atoms with Crippen LogP contribution in [0.15, 0.2) is 24.3 Å². The van der Waals surface area contributed by atoms with Gasteiger partial charge in [0.05, 0.1) is 5.75 Å². The molecule has 15 heavy (non-hydrogen) atoms. The molecule has 0 amide bonds. The normalized spacial score (nSPS) is 10.6. The lowest BCUT2D eigenvalue weighted by atomic mass is 10.1. The van der Waals surface area contributed by atoms with Gasteiger partial charge in [0.2, 0.25) is 0 Å². The molecule has 0 saturated heterocycles. The van der Waals surface area contributed by atoms with Gasteiger partial charge in [-0.2, -0.15) is 11.8 Å². The van der Waals surface area contributed by atoms with Crippen molar-refractivity contribution in [2.45, 2.75) is 13.8 Å². The maximum atomic E-state index is 11.6. The van der Waals surface area contributed by atoms with Gasteiger partial charge in [0.25, 0.3) is 0 Å². The van der Waals surface area contributed by atoms with Gasteiger partial charge in [-0.25, -0.2) is 0 Å². The third kappa shape index (κ3) is 4.38. The Bertz CT molecular complexity index is 317. The highest BCUT2D eigenvalue weighted by molar-refractivity contribution is 7.99. The Hall–Kier alpha value is -0.960. The predicted molar refractivity (Wildman–Crippen MR) is 64.6 cm³/mol. The fourth-order valence-corrected chi connectivity index (χ4v) is 2.06. The summed E-state index contributed by atoms with van der Waals surface area (Å²) in [6.07, 6.45) is 0. The summed E-state index contributed by atoms with van der Waals surface area (Å²) in [4.78, 5) is 11.6. The van der Waals surface area contributed by atoms with Gasteiger partial charge in [0.15, 0.2) is 5.78 Å². The number of aromatic hydroxyl groups is 1. The lowest BCUT2D eigenvalue weighted by Gasteiger charge is -2.04. The van der Waals surface area contributed by atoms with Crippen molar-refractivity contribution in [3.05, 3.63) is 29.8 Å². The molecule has 0 bridgehead atoms. The van der Waals surface area contributed by atoms with Crippen LogP contribution in [0, 0.1) is 5.92 Å². The van der Waals surface area contributed by atoms with Crippen molar-refractivity contribution in [3.8, 4) is 5.75 Å². The topological polar surface area (TPSA) is 37.3 Å². The first-order chi connectivity index (χ1) is 7.09. The molecule has 1 aromatic rings. The third-order valence-corrected chi connectivity index (χ3v) is 3.24. The molecule has 1 rings (SSSR count). The van der Waals surface area contributed by atoms with Crippen LogP contribution in [0.1, 0.15) is 24.2 Å². The zero-order chi connectivity index (χ0) is 11.3. The smallest absolute Gasteiger partial charge is 0.172 e. The number of benzene rings is 1. The Labute approximate surface area is 94.7 Å². The molecule has 0 atom stereocenters. The molecule has 1 N–H and O–H groups in total. The minimum absolute atomic E-state index is 0.126. The molecule has 0 aliphatic rings. The maximum Gasteiger partial charge on any atom is 0.172 e. The van der Waals surface area contributed by atoms with Gasteiger partial charge >= 0.3 is 0 Å². The van der Waals surface area contributed by atoms with E-state index in [9.17, 15) is 4.79 Å². The lowest BCUT2D eigenvalue weighted by molar-refractivity contribution is 0.102. The highest BCUT2D eigenvalue weighted by Crippen LogP contribution is 2.13. The van der Waals surface area contributed by atoms with Crippen molar-refractivity contribution in [1.82, 2.24) is 0 Å². The highest BCUT2D eigenvalue weighted by Gasteiger charge is 2.06. The van der Waals surface area contributed by atoms with Crippen LogP contribution in [0.2, 0.25) is 0 Å². The van der Waals surface area contributed by atoms with Gasteiger partial charge in [0.1, 0.15) is 5.75 Å². The van der Waals surface area contributed by atoms with Crippen LogP contribution in [0.25, 0.3) is 0 Å². The number of hydrogen-bond acceptors (Lipinski definition) is 3. The van der Waals surface area contributed by atoms with E-state index in [-0.39, 0.29) is 11.5 Å². The summed E-state index contributed by atoms with van der Waals surface area (Å²) in [7, 11) is 0. The van der Waals surface area contributed by atoms with E-state index in [1.807, 2.05) is 0 Å². The van der Waals surface area contributed by atoms with Gasteiger partial charge < -0.3 is 5.11 Å². The molecule has 0 heterocycles. The summed E-state index contributed by atoms with van der Waals surface area (Å²) < 4.78 is 0. The quantitative estimate of drug-likeness (QED) is 0.781. The van der Waals surface area contributed by atoms with Gasteiger partial charge in [0, 0.05) is 5.56 Å². The summed E-state index contributed by atoms with van der Waals surface area (Å²) in [5.74, 6) is 2.46. The number of Topliss-reactive ketones (excluding diaryl/α,β-unsaturated/α-hetero) is 1. The molecular formula is C12H16O2S. The van der Waals surface area contributed by atoms with E-state index >= 15 is 0 Å². The van der Waals surface area contributed by atoms with E-state index in [4.69, 9.17) is 5.11 Å². The SMILES string of the molecule is CC(C)CSCC(=O)c1ccc(O)cc1. The first kappa shape index (κ1) is 12.1. The molecule has 0 fully saturated rings. The second-order valence-corrected chi connectivity index (χ2v) is 4.91. The number of ketones is 1. The van der Waals surface area contributed by atoms with Crippen molar-refractivity contribution in [2.24, 2.45) is 5.92 Å². The second kappa shape index (κ2) is 5.81. The van der Waals surface area contributed by atoms with Crippen molar-refractivity contribution in [1.29, 1.82) is 0 Å². The number of hydrogen-bond donors (Lipinski definition) is 1. The van der Waals surface area contributed by atoms with E-state index in [0.717, 1.165) is 5.75 Å². The van der Waals surface area contributed by atoms with Crippen LogP contribution in [-0.4, -0.2) is 22.4 Å². The number of carbonyl (C=O) groups is 1. The summed E-state index contributed by atoms with van der Waals surface area (Å²) in [6.45, 7) is 4.27. The van der Waals surface area contributed by atoms with Crippen LogP contribution >= 0.6 is 11.8 Å². The third-order valence-electron chi connectivity index (χ3n) is 1.87. The Morgan fingerprint density at radius 3 is 2.47 bits per heavy atom. The first-order valence-corrected chi connectivity index (χ1v) is 6.15. The molecule has 0 aliphatic carbocycles. The van der Waals surface area contributed by atoms with Crippen molar-refractivity contribution >= 4 is 17.5 Å². The van der Waals surface area contributed by atoms with E-state index < -0.39 is 0 Å². The Morgan fingerprint density at radius 1 is 1.33 bits per heavy atom. The van der Waals surface area contributed by atoms with Crippen LogP contribution in [0.5, 0.6) is 5.75 Å². The fourth-order valence-electron chi connectivity index (χ4n) is 1.12. The summed E-state index contributed by atoms with van der Waals surface area (Å²) in [6, 6.07) is 6.40. The summed E-state index contributed by atoms with van der Waals surface area (Å²) >= 11 is 1.66. The average Bonchev–Trinajstić information content (AvgIpc) is 2.18. The number of phenolic OH excluding ortho intramolecular Hbond substituents is 1. The minimum Gasteiger partial charge on any atom is -0.508 e.